The van der Waals surface area contributed by atoms with Crippen molar-refractivity contribution in [2.45, 2.75) is 78.2 Å². The molecule has 0 aliphatic heterocycles. The molecular formula is C31H39NO2. The molecule has 0 saturated heterocycles. The quantitative estimate of drug-likeness (QED) is 0.312. The fraction of sp³-hybridized carbons (Fsp3) is 0.387. The minimum atomic E-state index is -0.409. The van der Waals surface area contributed by atoms with Crippen LogP contribution in [0.3, 0.4) is 0 Å². The minimum Gasteiger partial charge on any atom is -0.486 e. The summed E-state index contributed by atoms with van der Waals surface area (Å²) in [5.74, 6) is 0.459. The zero-order valence-electron chi connectivity index (χ0n) is 21.4. The zero-order chi connectivity index (χ0) is 24.7. The van der Waals surface area contributed by atoms with Gasteiger partial charge in [-0.05, 0) is 77.3 Å². The van der Waals surface area contributed by atoms with Gasteiger partial charge in [-0.25, -0.2) is 0 Å². The first kappa shape index (κ1) is 25.6. The number of ether oxygens (including phenoxy) is 1. The van der Waals surface area contributed by atoms with Crippen LogP contribution in [0.1, 0.15) is 93.0 Å². The highest BCUT2D eigenvalue weighted by Gasteiger charge is 2.16. The van der Waals surface area contributed by atoms with Crippen LogP contribution in [-0.4, -0.2) is 5.91 Å². The fourth-order valence-corrected chi connectivity index (χ4v) is 4.26. The highest BCUT2D eigenvalue weighted by Crippen LogP contribution is 2.32. The van der Waals surface area contributed by atoms with E-state index in [1.165, 1.54) is 41.5 Å². The van der Waals surface area contributed by atoms with Crippen LogP contribution in [-0.2, 0) is 5.41 Å². The number of nitrogens with two attached hydrogens (primary N) is 1. The van der Waals surface area contributed by atoms with Crippen molar-refractivity contribution in [3.05, 3.63) is 89.0 Å². The normalized spacial score (nSPS) is 12.4. The third kappa shape index (κ3) is 6.72. The summed E-state index contributed by atoms with van der Waals surface area (Å²) in [4.78, 5) is 11.5. The Morgan fingerprint density at radius 3 is 2.15 bits per heavy atom. The van der Waals surface area contributed by atoms with Gasteiger partial charge in [0, 0.05) is 5.56 Å². The number of carbonyl (C=O) groups is 1. The van der Waals surface area contributed by atoms with Crippen LogP contribution in [0.5, 0.6) is 5.75 Å². The lowest BCUT2D eigenvalue weighted by molar-refractivity contribution is 0.1000. The van der Waals surface area contributed by atoms with Gasteiger partial charge in [0.2, 0.25) is 5.91 Å². The van der Waals surface area contributed by atoms with Gasteiger partial charge in [0.25, 0.3) is 0 Å². The van der Waals surface area contributed by atoms with Gasteiger partial charge in [-0.1, -0.05) is 89.4 Å². The van der Waals surface area contributed by atoms with Crippen LogP contribution in [0.2, 0.25) is 0 Å². The summed E-state index contributed by atoms with van der Waals surface area (Å²) in [6, 6.07) is 22.7. The number of hydrogen-bond donors (Lipinski definition) is 1. The number of rotatable bonds is 10. The molecule has 0 radical (unpaired) electrons. The van der Waals surface area contributed by atoms with Crippen molar-refractivity contribution in [3.8, 4) is 16.9 Å². The number of unbranched alkanes of at least 4 members (excludes halogenated alkanes) is 3. The van der Waals surface area contributed by atoms with Gasteiger partial charge in [-0.2, -0.15) is 0 Å². The molecule has 0 fully saturated rings. The highest BCUT2D eigenvalue weighted by atomic mass is 16.5. The van der Waals surface area contributed by atoms with E-state index in [4.69, 9.17) is 10.5 Å². The Morgan fingerprint density at radius 1 is 0.912 bits per heavy atom. The average Bonchev–Trinajstić information content (AvgIpc) is 2.81. The molecule has 0 aliphatic carbocycles. The fourth-order valence-electron chi connectivity index (χ4n) is 4.26. The van der Waals surface area contributed by atoms with Crippen molar-refractivity contribution < 1.29 is 9.53 Å². The van der Waals surface area contributed by atoms with Crippen molar-refractivity contribution in [2.24, 2.45) is 5.73 Å². The predicted molar refractivity (Wildman–Crippen MR) is 142 cm³/mol. The van der Waals surface area contributed by atoms with Gasteiger partial charge in [0.15, 0.2) is 0 Å². The van der Waals surface area contributed by atoms with Gasteiger partial charge in [0.05, 0.1) is 0 Å². The first-order chi connectivity index (χ1) is 16.2. The molecule has 1 unspecified atom stereocenters. The topological polar surface area (TPSA) is 52.3 Å². The van der Waals surface area contributed by atoms with Crippen molar-refractivity contribution in [3.63, 3.8) is 0 Å². The average molecular weight is 458 g/mol. The van der Waals surface area contributed by atoms with Gasteiger partial charge in [0.1, 0.15) is 11.9 Å². The first-order valence-corrected chi connectivity index (χ1v) is 12.5. The molecule has 1 amide bonds. The van der Waals surface area contributed by atoms with Crippen LogP contribution >= 0.6 is 0 Å². The van der Waals surface area contributed by atoms with E-state index in [1.54, 1.807) is 12.1 Å². The van der Waals surface area contributed by atoms with Gasteiger partial charge < -0.3 is 10.5 Å². The lowest BCUT2D eigenvalue weighted by atomic mass is 9.86. The van der Waals surface area contributed by atoms with E-state index in [0.29, 0.717) is 5.56 Å². The Balaban J connectivity index is 1.80. The Hall–Kier alpha value is -3.07. The van der Waals surface area contributed by atoms with E-state index in [9.17, 15) is 4.79 Å². The number of primary amides is 1. The van der Waals surface area contributed by atoms with Crippen molar-refractivity contribution in [1.82, 2.24) is 0 Å². The molecule has 3 rings (SSSR count). The molecule has 0 aliphatic rings. The van der Waals surface area contributed by atoms with Crippen molar-refractivity contribution in [1.29, 1.82) is 0 Å². The van der Waals surface area contributed by atoms with Gasteiger partial charge in [-0.3, -0.25) is 4.79 Å². The Labute approximate surface area is 205 Å². The summed E-state index contributed by atoms with van der Waals surface area (Å²) >= 11 is 0. The SMILES string of the molecule is CCCCCCC(Oc1ccc(-c2ccc(C(C)(C)C)cc2)c(C)c1)c1ccc(C(N)=O)cc1. The minimum absolute atomic E-state index is 0.0601. The third-order valence-corrected chi connectivity index (χ3v) is 6.42. The molecule has 0 heterocycles. The molecule has 0 spiro atoms. The van der Waals surface area contributed by atoms with Gasteiger partial charge >= 0.3 is 0 Å². The van der Waals surface area contributed by atoms with E-state index in [2.05, 4.69) is 77.1 Å². The second-order valence-electron chi connectivity index (χ2n) is 10.2. The van der Waals surface area contributed by atoms with Crippen LogP contribution in [0.15, 0.2) is 66.7 Å². The zero-order valence-corrected chi connectivity index (χ0v) is 21.4. The molecule has 0 bridgehead atoms. The molecule has 1 atom stereocenters. The largest absolute Gasteiger partial charge is 0.486 e. The number of aryl methyl sites for hydroxylation is 1. The number of hydrogen-bond acceptors (Lipinski definition) is 2. The molecule has 0 aromatic heterocycles. The Bertz CT molecular complexity index is 1080. The molecule has 0 saturated carbocycles. The van der Waals surface area contributed by atoms with Crippen LogP contribution in [0.4, 0.5) is 0 Å². The predicted octanol–water partition coefficient (Wildman–Crippen LogP) is 8.15. The highest BCUT2D eigenvalue weighted by molar-refractivity contribution is 5.92. The van der Waals surface area contributed by atoms with E-state index >= 15 is 0 Å². The number of benzene rings is 3. The Morgan fingerprint density at radius 2 is 1.59 bits per heavy atom. The van der Waals surface area contributed by atoms with Crippen molar-refractivity contribution in [2.75, 3.05) is 0 Å². The van der Waals surface area contributed by atoms with Crippen LogP contribution < -0.4 is 10.5 Å². The molecule has 180 valence electrons. The molecule has 3 aromatic carbocycles. The lowest BCUT2D eigenvalue weighted by Crippen LogP contribution is -2.12. The summed E-state index contributed by atoms with van der Waals surface area (Å²) in [5.41, 5.74) is 12.1. The van der Waals surface area contributed by atoms with Crippen LogP contribution in [0, 0.1) is 6.92 Å². The second kappa shape index (κ2) is 11.4. The monoisotopic (exact) mass is 457 g/mol. The van der Waals surface area contributed by atoms with E-state index < -0.39 is 5.91 Å². The summed E-state index contributed by atoms with van der Waals surface area (Å²) in [7, 11) is 0. The smallest absolute Gasteiger partial charge is 0.248 e. The number of carbonyl (C=O) groups excluding carboxylic acids is 1. The first-order valence-electron chi connectivity index (χ1n) is 12.5. The molecule has 2 N–H and O–H groups in total. The standard InChI is InChI=1S/C31H39NO2/c1-6-7-8-9-10-29(24-11-13-25(14-12-24)30(32)33)34-27-19-20-28(22(2)21-27)23-15-17-26(18-16-23)31(3,4)5/h11-21,29H,6-10H2,1-5H3,(H2,32,33). The Kier molecular flexibility index (Phi) is 8.55. The molecule has 34 heavy (non-hydrogen) atoms. The van der Waals surface area contributed by atoms with E-state index in [0.717, 1.165) is 24.2 Å². The molecular weight excluding hydrogens is 418 g/mol. The maximum absolute atomic E-state index is 11.5. The summed E-state index contributed by atoms with van der Waals surface area (Å²) < 4.78 is 6.50. The van der Waals surface area contributed by atoms with Crippen LogP contribution in [0.25, 0.3) is 11.1 Å². The van der Waals surface area contributed by atoms with Gasteiger partial charge in [-0.15, -0.1) is 0 Å². The van der Waals surface area contributed by atoms with E-state index in [1.807, 2.05) is 12.1 Å². The molecule has 3 nitrogen and oxygen atoms in total. The third-order valence-electron chi connectivity index (χ3n) is 6.42. The lowest BCUT2D eigenvalue weighted by Gasteiger charge is -2.21. The molecule has 3 aromatic rings. The summed E-state index contributed by atoms with van der Waals surface area (Å²) in [5, 5.41) is 0. The summed E-state index contributed by atoms with van der Waals surface area (Å²) in [6.45, 7) is 11.1. The summed E-state index contributed by atoms with van der Waals surface area (Å²) in [6.07, 6.45) is 5.61. The van der Waals surface area contributed by atoms with E-state index in [-0.39, 0.29) is 11.5 Å². The molecule has 3 heteroatoms. The van der Waals surface area contributed by atoms with Crippen molar-refractivity contribution >= 4 is 5.91 Å². The second-order valence-corrected chi connectivity index (χ2v) is 10.2. The number of amides is 1. The maximum Gasteiger partial charge on any atom is 0.248 e. The maximum atomic E-state index is 11.5.